The first-order chi connectivity index (χ1) is 6.81. The number of hydrogen-bond donors (Lipinski definition) is 0. The molecule has 2 heterocycles. The first kappa shape index (κ1) is 9.60. The SMILES string of the molecule is C[C@H]1/C(=C\I)C[C@H]2O[C@H]3OCC[C@H]3[C@H]21. The fourth-order valence-corrected chi connectivity index (χ4v) is 4.14. The molecule has 5 atom stereocenters. The average Bonchev–Trinajstić information content (AvgIpc) is 2.76. The Kier molecular flexibility index (Phi) is 2.37. The van der Waals surface area contributed by atoms with E-state index < -0.39 is 0 Å². The van der Waals surface area contributed by atoms with Crippen LogP contribution in [0.2, 0.25) is 0 Å². The summed E-state index contributed by atoms with van der Waals surface area (Å²) in [4.78, 5) is 0. The summed E-state index contributed by atoms with van der Waals surface area (Å²) in [5.41, 5.74) is 1.57. The zero-order chi connectivity index (χ0) is 9.71. The van der Waals surface area contributed by atoms with Gasteiger partial charge in [-0.05, 0) is 28.8 Å². The second kappa shape index (κ2) is 3.46. The summed E-state index contributed by atoms with van der Waals surface area (Å²) >= 11 is 2.36. The Balaban J connectivity index is 1.87. The molecule has 1 saturated carbocycles. The van der Waals surface area contributed by atoms with E-state index in [1.165, 1.54) is 6.42 Å². The molecule has 14 heavy (non-hydrogen) atoms. The van der Waals surface area contributed by atoms with Crippen LogP contribution in [0, 0.1) is 17.8 Å². The molecule has 78 valence electrons. The van der Waals surface area contributed by atoms with Gasteiger partial charge in [0.15, 0.2) is 6.29 Å². The first-order valence-electron chi connectivity index (χ1n) is 5.37. The summed E-state index contributed by atoms with van der Waals surface area (Å²) in [5.74, 6) is 2.10. The first-order valence-corrected chi connectivity index (χ1v) is 6.62. The number of ether oxygens (including phenoxy) is 2. The van der Waals surface area contributed by atoms with Crippen molar-refractivity contribution in [3.05, 3.63) is 9.66 Å². The molecule has 0 N–H and O–H groups in total. The van der Waals surface area contributed by atoms with Crippen LogP contribution in [0.1, 0.15) is 19.8 Å². The fraction of sp³-hybridized carbons (Fsp3) is 0.818. The molecule has 0 bridgehead atoms. The van der Waals surface area contributed by atoms with Crippen molar-refractivity contribution in [2.75, 3.05) is 6.61 Å². The molecule has 3 aliphatic rings. The number of fused-ring (bicyclic) bond motifs is 3. The van der Waals surface area contributed by atoms with Gasteiger partial charge in [0.05, 0.1) is 12.7 Å². The number of rotatable bonds is 0. The van der Waals surface area contributed by atoms with Crippen LogP contribution >= 0.6 is 22.6 Å². The monoisotopic (exact) mass is 306 g/mol. The summed E-state index contributed by atoms with van der Waals surface area (Å²) in [7, 11) is 0. The van der Waals surface area contributed by atoms with Gasteiger partial charge in [-0.15, -0.1) is 0 Å². The van der Waals surface area contributed by atoms with E-state index in [1.807, 2.05) is 0 Å². The topological polar surface area (TPSA) is 18.5 Å². The van der Waals surface area contributed by atoms with Gasteiger partial charge in [-0.25, -0.2) is 0 Å². The van der Waals surface area contributed by atoms with Crippen LogP contribution in [0.5, 0.6) is 0 Å². The predicted molar refractivity (Wildman–Crippen MR) is 62.1 cm³/mol. The maximum atomic E-state index is 5.95. The largest absolute Gasteiger partial charge is 0.352 e. The van der Waals surface area contributed by atoms with E-state index in [4.69, 9.17) is 9.47 Å². The highest BCUT2D eigenvalue weighted by molar-refractivity contribution is 14.1. The highest BCUT2D eigenvalue weighted by Gasteiger charge is 2.53. The molecule has 0 aromatic heterocycles. The van der Waals surface area contributed by atoms with E-state index in [0.29, 0.717) is 17.9 Å². The standard InChI is InChI=1S/C11H15IO2/c1-6-7(5-12)4-9-10(6)8-2-3-13-11(8)14-9/h5-6,8-11H,2-4H2,1H3/b7-5-/t6-,8-,9+,10+,11+/m0/s1. The lowest BCUT2D eigenvalue weighted by molar-refractivity contribution is -0.115. The molecule has 0 aromatic carbocycles. The van der Waals surface area contributed by atoms with Crippen LogP contribution in [-0.4, -0.2) is 19.0 Å². The minimum absolute atomic E-state index is 0.128. The Hall–Kier alpha value is 0.390. The molecular formula is C11H15IO2. The van der Waals surface area contributed by atoms with Crippen molar-refractivity contribution in [3.8, 4) is 0 Å². The average molecular weight is 306 g/mol. The van der Waals surface area contributed by atoms with Gasteiger partial charge < -0.3 is 9.47 Å². The third kappa shape index (κ3) is 1.21. The van der Waals surface area contributed by atoms with E-state index >= 15 is 0 Å². The third-order valence-corrected chi connectivity index (χ3v) is 4.85. The highest BCUT2D eigenvalue weighted by atomic mass is 127. The predicted octanol–water partition coefficient (Wildman–Crippen LogP) is 2.72. The smallest absolute Gasteiger partial charge is 0.161 e. The van der Waals surface area contributed by atoms with Crippen molar-refractivity contribution in [3.63, 3.8) is 0 Å². The van der Waals surface area contributed by atoms with Gasteiger partial charge >= 0.3 is 0 Å². The van der Waals surface area contributed by atoms with Gasteiger partial charge in [0.1, 0.15) is 0 Å². The molecule has 0 radical (unpaired) electrons. The zero-order valence-electron chi connectivity index (χ0n) is 8.28. The van der Waals surface area contributed by atoms with Crippen molar-refractivity contribution in [2.24, 2.45) is 17.8 Å². The normalized spacial score (nSPS) is 53.9. The van der Waals surface area contributed by atoms with Crippen LogP contribution in [0.3, 0.4) is 0 Å². The molecule has 0 aromatic rings. The van der Waals surface area contributed by atoms with Gasteiger partial charge in [0.25, 0.3) is 0 Å². The van der Waals surface area contributed by atoms with Crippen LogP contribution in [0.15, 0.2) is 9.66 Å². The molecule has 3 rings (SSSR count). The Morgan fingerprint density at radius 2 is 2.36 bits per heavy atom. The molecule has 0 spiro atoms. The molecule has 2 nitrogen and oxygen atoms in total. The van der Waals surface area contributed by atoms with Gasteiger partial charge in [-0.2, -0.15) is 0 Å². The van der Waals surface area contributed by atoms with E-state index in [-0.39, 0.29) is 6.29 Å². The zero-order valence-corrected chi connectivity index (χ0v) is 10.4. The lowest BCUT2D eigenvalue weighted by Crippen LogP contribution is -2.20. The molecule has 3 heteroatoms. The Labute approximate surface area is 98.2 Å². The van der Waals surface area contributed by atoms with Crippen molar-refractivity contribution in [2.45, 2.75) is 32.2 Å². The summed E-state index contributed by atoms with van der Waals surface area (Å²) < 4.78 is 13.8. The van der Waals surface area contributed by atoms with Crippen LogP contribution in [0.25, 0.3) is 0 Å². The molecule has 0 amide bonds. The van der Waals surface area contributed by atoms with Crippen molar-refractivity contribution >= 4 is 22.6 Å². The Bertz CT molecular complexity index is 276. The van der Waals surface area contributed by atoms with E-state index in [9.17, 15) is 0 Å². The number of hydrogen-bond acceptors (Lipinski definition) is 2. The minimum atomic E-state index is 0.128. The van der Waals surface area contributed by atoms with E-state index in [2.05, 4.69) is 33.6 Å². The highest BCUT2D eigenvalue weighted by Crippen LogP contribution is 2.52. The molecule has 2 saturated heterocycles. The third-order valence-electron chi connectivity index (χ3n) is 4.05. The quantitative estimate of drug-likeness (QED) is 0.641. The van der Waals surface area contributed by atoms with Crippen molar-refractivity contribution in [1.82, 2.24) is 0 Å². The summed E-state index contributed by atoms with van der Waals surface area (Å²) in [5, 5.41) is 0. The van der Waals surface area contributed by atoms with E-state index in [0.717, 1.165) is 18.9 Å². The second-order valence-electron chi connectivity index (χ2n) is 4.62. The lowest BCUT2D eigenvalue weighted by Gasteiger charge is -2.18. The summed E-state index contributed by atoms with van der Waals surface area (Å²) in [6.45, 7) is 3.24. The molecule has 0 unspecified atom stereocenters. The fourth-order valence-electron chi connectivity index (χ4n) is 3.32. The molecule has 2 aliphatic heterocycles. The lowest BCUT2D eigenvalue weighted by atomic mass is 9.83. The van der Waals surface area contributed by atoms with Crippen LogP contribution in [0.4, 0.5) is 0 Å². The minimum Gasteiger partial charge on any atom is -0.352 e. The van der Waals surface area contributed by atoms with Gasteiger partial charge in [-0.1, -0.05) is 35.1 Å². The maximum Gasteiger partial charge on any atom is 0.161 e. The molecule has 3 fully saturated rings. The van der Waals surface area contributed by atoms with Gasteiger partial charge in [-0.3, -0.25) is 0 Å². The van der Waals surface area contributed by atoms with Crippen molar-refractivity contribution in [1.29, 1.82) is 0 Å². The molecular weight excluding hydrogens is 291 g/mol. The van der Waals surface area contributed by atoms with E-state index in [1.54, 1.807) is 5.57 Å². The second-order valence-corrected chi connectivity index (χ2v) is 5.24. The van der Waals surface area contributed by atoms with Gasteiger partial charge in [0, 0.05) is 5.92 Å². The van der Waals surface area contributed by atoms with Crippen LogP contribution in [-0.2, 0) is 9.47 Å². The maximum absolute atomic E-state index is 5.95. The van der Waals surface area contributed by atoms with Crippen molar-refractivity contribution < 1.29 is 9.47 Å². The number of halogens is 1. The Morgan fingerprint density at radius 1 is 1.50 bits per heavy atom. The van der Waals surface area contributed by atoms with Crippen LogP contribution < -0.4 is 0 Å². The summed E-state index contributed by atoms with van der Waals surface area (Å²) in [6, 6.07) is 0. The van der Waals surface area contributed by atoms with Gasteiger partial charge in [0.2, 0.25) is 0 Å². The molecule has 1 aliphatic carbocycles. The summed E-state index contributed by atoms with van der Waals surface area (Å²) in [6.07, 6.45) is 2.90. The Morgan fingerprint density at radius 3 is 3.14 bits per heavy atom.